The number of aromatic nitrogens is 3. The fourth-order valence-corrected chi connectivity index (χ4v) is 2.75. The van der Waals surface area contributed by atoms with Gasteiger partial charge in [-0.05, 0) is 6.92 Å². The van der Waals surface area contributed by atoms with E-state index in [1.807, 2.05) is 19.4 Å². The zero-order valence-electron chi connectivity index (χ0n) is 10.9. The quantitative estimate of drug-likeness (QED) is 0.488. The third-order valence-corrected chi connectivity index (χ3v) is 4.00. The van der Waals surface area contributed by atoms with E-state index in [-0.39, 0.29) is 19.0 Å². The van der Waals surface area contributed by atoms with Gasteiger partial charge in [0.2, 0.25) is 5.51 Å². The highest BCUT2D eigenvalue weighted by molar-refractivity contribution is 7.09. The lowest BCUT2D eigenvalue weighted by Gasteiger charge is -2.01. The van der Waals surface area contributed by atoms with Crippen LogP contribution in [-0.2, 0) is 13.0 Å². The van der Waals surface area contributed by atoms with Crippen LogP contribution in [0.15, 0.2) is 11.7 Å². The molecule has 7 heteroatoms. The lowest BCUT2D eigenvalue weighted by molar-refractivity contribution is -0.689. The Morgan fingerprint density at radius 2 is 2.16 bits per heavy atom. The number of nitrogen functional groups attached to an aromatic ring is 1. The first-order chi connectivity index (χ1) is 8.61. The van der Waals surface area contributed by atoms with Gasteiger partial charge in [-0.25, -0.2) is 9.97 Å². The standard InChI is InChI=1S/C12H17N4OS.ClH/c1-8-11(3-4-17)18-7-16(8)6-10-5-14-9(2)15-12(10)13;/h5,7,17H,3-4,6H2,1-2H3,(H2,13,14,15);1H/q+1;/p-1/i1+1,7+1,8+1,11+1;. The predicted molar refractivity (Wildman–Crippen MR) is 70.3 cm³/mol. The second-order valence-electron chi connectivity index (χ2n) is 4.16. The maximum Gasteiger partial charge on any atom is 0.225 e. The van der Waals surface area contributed by atoms with Gasteiger partial charge in [0.1, 0.15) is 11.6 Å². The minimum atomic E-state index is 0. The van der Waals surface area contributed by atoms with Crippen LogP contribution in [0.4, 0.5) is 5.82 Å². The third kappa shape index (κ3) is 3.62. The summed E-state index contributed by atoms with van der Waals surface area (Å²) in [5, 5.41) is 8.98. The summed E-state index contributed by atoms with van der Waals surface area (Å²) in [5.74, 6) is 1.22. The van der Waals surface area contributed by atoms with Gasteiger partial charge < -0.3 is 23.2 Å². The number of anilines is 1. The Hall–Kier alpha value is -1.24. The third-order valence-electron chi connectivity index (χ3n) is 2.85. The maximum absolute atomic E-state index is 8.98. The molecule has 2 heterocycles. The fourth-order valence-electron chi connectivity index (χ4n) is 1.77. The number of nitrogens with two attached hydrogens (primary N) is 1. The summed E-state index contributed by atoms with van der Waals surface area (Å²) in [6.45, 7) is 4.71. The molecule has 0 spiro atoms. The highest BCUT2D eigenvalue weighted by Crippen LogP contribution is 2.13. The van der Waals surface area contributed by atoms with Crippen molar-refractivity contribution < 1.29 is 22.1 Å². The number of hydrogen-bond donors (Lipinski definition) is 2. The molecule has 0 aliphatic heterocycles. The molecule has 19 heavy (non-hydrogen) atoms. The monoisotopic (exact) mass is 304 g/mol. The van der Waals surface area contributed by atoms with Crippen LogP contribution in [0.1, 0.15) is 22.0 Å². The Kier molecular flexibility index (Phi) is 5.65. The Labute approximate surface area is 122 Å². The van der Waals surface area contributed by atoms with E-state index in [1.54, 1.807) is 17.5 Å². The van der Waals surface area contributed by atoms with Crippen LogP contribution in [0.25, 0.3) is 0 Å². The highest BCUT2D eigenvalue weighted by atomic mass is 35.5. The lowest BCUT2D eigenvalue weighted by atomic mass is 10.3. The number of halogens is 1. The van der Waals surface area contributed by atoms with Crippen molar-refractivity contribution in [1.29, 1.82) is 0 Å². The Morgan fingerprint density at radius 3 is 2.79 bits per heavy atom. The fraction of sp³-hybridized carbons (Fsp3) is 0.417. The first kappa shape index (κ1) is 15.8. The van der Waals surface area contributed by atoms with Gasteiger partial charge in [-0.2, -0.15) is 4.57 Å². The van der Waals surface area contributed by atoms with Gasteiger partial charge in [-0.3, -0.25) is 0 Å². The lowest BCUT2D eigenvalue weighted by Crippen LogP contribution is -3.00. The van der Waals surface area contributed by atoms with E-state index in [2.05, 4.69) is 14.5 Å². The molecule has 0 bridgehead atoms. The number of nitrogens with zero attached hydrogens (tertiary/aromatic N) is 3. The van der Waals surface area contributed by atoms with E-state index in [0.717, 1.165) is 11.3 Å². The van der Waals surface area contributed by atoms with Gasteiger partial charge in [-0.1, -0.05) is 11.3 Å². The van der Waals surface area contributed by atoms with Crippen molar-refractivity contribution in [3.05, 3.63) is 33.7 Å². The van der Waals surface area contributed by atoms with Crippen molar-refractivity contribution >= 4 is 17.2 Å². The summed E-state index contributed by atoms with van der Waals surface area (Å²) < 4.78 is 2.11. The first-order valence-electron chi connectivity index (χ1n) is 5.77. The Bertz CT molecular complexity index is 559. The van der Waals surface area contributed by atoms with Crippen molar-refractivity contribution in [2.24, 2.45) is 0 Å². The summed E-state index contributed by atoms with van der Waals surface area (Å²) in [4.78, 5) is 9.53. The molecule has 0 unspecified atom stereocenters. The van der Waals surface area contributed by atoms with Gasteiger partial charge in [0.05, 0.1) is 10.4 Å². The molecule has 104 valence electrons. The molecule has 2 rings (SSSR count). The second kappa shape index (κ2) is 6.79. The number of rotatable bonds is 4. The van der Waals surface area contributed by atoms with Gasteiger partial charge in [-0.15, -0.1) is 0 Å². The number of hydrogen-bond acceptors (Lipinski definition) is 5. The van der Waals surface area contributed by atoms with Crippen LogP contribution in [0.5, 0.6) is 0 Å². The number of aliphatic hydroxyl groups excluding tert-OH is 1. The summed E-state index contributed by atoms with van der Waals surface area (Å²) in [7, 11) is 0. The topological polar surface area (TPSA) is 75.9 Å². The van der Waals surface area contributed by atoms with E-state index < -0.39 is 0 Å². The van der Waals surface area contributed by atoms with Crippen LogP contribution in [0.3, 0.4) is 0 Å². The van der Waals surface area contributed by atoms with E-state index in [1.165, 1.54) is 4.88 Å². The number of thiazole rings is 1. The normalized spacial score (nSPS) is 10.3. The van der Waals surface area contributed by atoms with Gasteiger partial charge in [0.15, 0.2) is 12.2 Å². The van der Waals surface area contributed by atoms with Crippen molar-refractivity contribution in [2.45, 2.75) is 26.8 Å². The van der Waals surface area contributed by atoms with E-state index in [9.17, 15) is 0 Å². The van der Waals surface area contributed by atoms with E-state index >= 15 is 0 Å². The molecule has 0 atom stereocenters. The summed E-state index contributed by atoms with van der Waals surface area (Å²) in [6, 6.07) is 0. The van der Waals surface area contributed by atoms with Crippen LogP contribution in [0, 0.1) is 13.8 Å². The summed E-state index contributed by atoms with van der Waals surface area (Å²) in [5.41, 5.74) is 10.0. The maximum atomic E-state index is 8.98. The minimum absolute atomic E-state index is 0. The number of aliphatic hydroxyl groups is 1. The average molecular weight is 305 g/mol. The zero-order chi connectivity index (χ0) is 13.1. The summed E-state index contributed by atoms with van der Waals surface area (Å²) >= 11 is 1.65. The molecule has 5 nitrogen and oxygen atoms in total. The number of aryl methyl sites for hydroxylation is 1. The molecule has 0 aromatic carbocycles. The summed E-state index contributed by atoms with van der Waals surface area (Å²) in [6.07, 6.45) is 2.47. The molecule has 2 aromatic heterocycles. The van der Waals surface area contributed by atoms with Crippen LogP contribution in [-0.4, -0.2) is 21.7 Å². The van der Waals surface area contributed by atoms with Crippen LogP contribution >= 0.6 is 11.3 Å². The molecule has 3 N–H and O–H groups in total. The van der Waals surface area contributed by atoms with Gasteiger partial charge in [0, 0.05) is 26.1 Å². The Balaban J connectivity index is 0.00000180. The molecular formula is C12H17ClN4OS. The minimum Gasteiger partial charge on any atom is -1.00 e. The molecule has 0 saturated heterocycles. The molecule has 0 radical (unpaired) electrons. The smallest absolute Gasteiger partial charge is 0.225 e. The molecule has 0 fully saturated rings. The van der Waals surface area contributed by atoms with Crippen molar-refractivity contribution in [3.63, 3.8) is 0 Å². The predicted octanol–water partition coefficient (Wildman–Crippen LogP) is -2.39. The van der Waals surface area contributed by atoms with Crippen molar-refractivity contribution in [3.8, 4) is 0 Å². The second-order valence-corrected chi connectivity index (χ2v) is 5.10. The van der Waals surface area contributed by atoms with Crippen molar-refractivity contribution in [1.82, 2.24) is 9.97 Å². The molecule has 2 aromatic rings. The first-order valence-corrected chi connectivity index (χ1v) is 6.65. The molecule has 0 aliphatic carbocycles. The zero-order valence-corrected chi connectivity index (χ0v) is 12.5. The largest absolute Gasteiger partial charge is 1.00 e. The average Bonchev–Trinajstić information content (AvgIpc) is 2.66. The highest BCUT2D eigenvalue weighted by Gasteiger charge is 2.16. The van der Waals surface area contributed by atoms with E-state index in [4.69, 9.17) is 10.8 Å². The van der Waals surface area contributed by atoms with Gasteiger partial charge in [0.25, 0.3) is 0 Å². The molecule has 0 aliphatic rings. The van der Waals surface area contributed by atoms with Crippen LogP contribution < -0.4 is 22.7 Å². The Morgan fingerprint density at radius 1 is 1.42 bits per heavy atom. The van der Waals surface area contributed by atoms with Crippen molar-refractivity contribution in [2.75, 3.05) is 12.3 Å². The van der Waals surface area contributed by atoms with E-state index in [0.29, 0.717) is 24.6 Å². The molecule has 0 saturated carbocycles. The SMILES string of the molecule is Cc1ncc(C[n+]2[13cH]s[13c](CCO)[13c]2[13CH3])c(N)n1.[Cl-]. The van der Waals surface area contributed by atoms with Gasteiger partial charge >= 0.3 is 0 Å². The van der Waals surface area contributed by atoms with Crippen LogP contribution in [0.2, 0.25) is 0 Å². The molecular weight excluding hydrogens is 288 g/mol. The molecule has 0 amide bonds.